The van der Waals surface area contributed by atoms with Crippen LogP contribution in [0.5, 0.6) is 0 Å². The van der Waals surface area contributed by atoms with Crippen molar-refractivity contribution in [1.29, 1.82) is 0 Å². The molecule has 2 rings (SSSR count). The number of carbonyl (C=O) groups excluding carboxylic acids is 1. The lowest BCUT2D eigenvalue weighted by Gasteiger charge is -2.01. The minimum Gasteiger partial charge on any atom is -0.211 e. The summed E-state index contributed by atoms with van der Waals surface area (Å²) in [6.45, 7) is 0.408. The van der Waals surface area contributed by atoms with Gasteiger partial charge in [0, 0.05) is 0 Å². The molecule has 0 aliphatic rings. The van der Waals surface area contributed by atoms with E-state index in [1.54, 1.807) is 6.08 Å². The summed E-state index contributed by atoms with van der Waals surface area (Å²) in [5, 5.41) is 2.32. The van der Waals surface area contributed by atoms with Crippen LogP contribution in [0.4, 0.5) is 0 Å². The van der Waals surface area contributed by atoms with Crippen molar-refractivity contribution >= 4 is 16.9 Å². The van der Waals surface area contributed by atoms with E-state index < -0.39 is 0 Å². The maximum Gasteiger partial charge on any atom is 0.235 e. The molecule has 0 atom stereocenters. The molecule has 14 heavy (non-hydrogen) atoms. The fraction of sp³-hybridized carbons (Fsp3) is 0.0833. The first-order chi connectivity index (χ1) is 6.92. The molecule has 2 nitrogen and oxygen atoms in total. The molecule has 0 saturated heterocycles. The van der Waals surface area contributed by atoms with Crippen LogP contribution in [0.3, 0.4) is 0 Å². The molecule has 0 heterocycles. The van der Waals surface area contributed by atoms with Crippen LogP contribution in [-0.4, -0.2) is 6.08 Å². The highest BCUT2D eigenvalue weighted by atomic mass is 16.1. The fourth-order valence-electron chi connectivity index (χ4n) is 1.55. The number of hydrogen-bond donors (Lipinski definition) is 0. The van der Waals surface area contributed by atoms with Crippen LogP contribution in [0.25, 0.3) is 10.8 Å². The van der Waals surface area contributed by atoms with Crippen molar-refractivity contribution in [3.63, 3.8) is 0 Å². The summed E-state index contributed by atoms with van der Waals surface area (Å²) in [5.41, 5.74) is 1.06. The van der Waals surface area contributed by atoms with Gasteiger partial charge in [0.2, 0.25) is 6.08 Å². The molecule has 0 aliphatic carbocycles. The van der Waals surface area contributed by atoms with E-state index in [1.807, 2.05) is 42.5 Å². The number of aliphatic imine (C=N–C) groups is 1. The number of fused-ring (bicyclic) bond motifs is 1. The highest BCUT2D eigenvalue weighted by Crippen LogP contribution is 2.18. The molecule has 0 amide bonds. The molecule has 2 heteroatoms. The van der Waals surface area contributed by atoms with Gasteiger partial charge in [-0.3, -0.25) is 0 Å². The summed E-state index contributed by atoms with van der Waals surface area (Å²) in [4.78, 5) is 13.6. The Bertz CT molecular complexity index is 493. The van der Waals surface area contributed by atoms with E-state index in [-0.39, 0.29) is 0 Å². The predicted molar refractivity (Wildman–Crippen MR) is 55.8 cm³/mol. The zero-order valence-corrected chi connectivity index (χ0v) is 7.60. The zero-order chi connectivity index (χ0) is 9.80. The van der Waals surface area contributed by atoms with E-state index in [1.165, 1.54) is 5.39 Å². The van der Waals surface area contributed by atoms with Gasteiger partial charge in [-0.25, -0.2) is 9.79 Å². The van der Waals surface area contributed by atoms with Crippen LogP contribution < -0.4 is 0 Å². The highest BCUT2D eigenvalue weighted by Gasteiger charge is 1.97. The van der Waals surface area contributed by atoms with Gasteiger partial charge in [-0.2, -0.15) is 0 Å². The van der Waals surface area contributed by atoms with Crippen molar-refractivity contribution in [1.82, 2.24) is 0 Å². The van der Waals surface area contributed by atoms with Crippen LogP contribution in [0.1, 0.15) is 5.56 Å². The average Bonchev–Trinajstić information content (AvgIpc) is 2.26. The van der Waals surface area contributed by atoms with Crippen molar-refractivity contribution in [3.8, 4) is 0 Å². The molecule has 2 aromatic rings. The summed E-state index contributed by atoms with van der Waals surface area (Å²) < 4.78 is 0. The minimum absolute atomic E-state index is 0.408. The molecular formula is C12H9NO. The number of isocyanates is 1. The van der Waals surface area contributed by atoms with Gasteiger partial charge >= 0.3 is 0 Å². The Kier molecular flexibility index (Phi) is 2.39. The van der Waals surface area contributed by atoms with Crippen LogP contribution in [0.15, 0.2) is 47.5 Å². The van der Waals surface area contributed by atoms with Crippen LogP contribution in [0.2, 0.25) is 0 Å². The standard InChI is InChI=1S/C12H9NO/c14-9-13-8-11-6-3-5-10-4-1-2-7-12(10)11/h1-7H,8H2. The van der Waals surface area contributed by atoms with E-state index in [0.29, 0.717) is 6.54 Å². The van der Waals surface area contributed by atoms with Crippen molar-refractivity contribution in [2.24, 2.45) is 4.99 Å². The smallest absolute Gasteiger partial charge is 0.211 e. The quantitative estimate of drug-likeness (QED) is 0.520. The molecule has 0 spiro atoms. The van der Waals surface area contributed by atoms with Gasteiger partial charge in [0.05, 0.1) is 6.54 Å². The molecule has 0 aliphatic heterocycles. The van der Waals surface area contributed by atoms with E-state index in [2.05, 4.69) is 4.99 Å². The number of nitrogens with zero attached hydrogens (tertiary/aromatic N) is 1. The van der Waals surface area contributed by atoms with E-state index in [0.717, 1.165) is 10.9 Å². The third kappa shape index (κ3) is 1.56. The molecule has 2 aromatic carbocycles. The Hall–Kier alpha value is -1.92. The molecule has 0 aromatic heterocycles. The van der Waals surface area contributed by atoms with Gasteiger partial charge in [0.15, 0.2) is 0 Å². The SMILES string of the molecule is O=C=NCc1cccc2ccccc12. The summed E-state index contributed by atoms with van der Waals surface area (Å²) in [6.07, 6.45) is 1.56. The Morgan fingerprint density at radius 3 is 2.71 bits per heavy atom. The van der Waals surface area contributed by atoms with Crippen LogP contribution in [0, 0.1) is 0 Å². The van der Waals surface area contributed by atoms with Crippen molar-refractivity contribution < 1.29 is 4.79 Å². The second-order valence-electron chi connectivity index (χ2n) is 3.05. The third-order valence-corrected chi connectivity index (χ3v) is 2.19. The number of benzene rings is 2. The summed E-state index contributed by atoms with van der Waals surface area (Å²) in [5.74, 6) is 0. The number of rotatable bonds is 2. The third-order valence-electron chi connectivity index (χ3n) is 2.19. The zero-order valence-electron chi connectivity index (χ0n) is 7.60. The van der Waals surface area contributed by atoms with Crippen LogP contribution in [-0.2, 0) is 11.3 Å². The fourth-order valence-corrected chi connectivity index (χ4v) is 1.55. The molecule has 0 bridgehead atoms. The number of hydrogen-bond acceptors (Lipinski definition) is 2. The Morgan fingerprint density at radius 1 is 1.07 bits per heavy atom. The van der Waals surface area contributed by atoms with Crippen molar-refractivity contribution in [2.45, 2.75) is 6.54 Å². The molecular weight excluding hydrogens is 174 g/mol. The van der Waals surface area contributed by atoms with E-state index in [4.69, 9.17) is 0 Å². The van der Waals surface area contributed by atoms with E-state index in [9.17, 15) is 4.79 Å². The Labute approximate surface area is 81.9 Å². The molecule has 0 unspecified atom stereocenters. The Morgan fingerprint density at radius 2 is 1.86 bits per heavy atom. The second kappa shape index (κ2) is 3.86. The lowest BCUT2D eigenvalue weighted by Crippen LogP contribution is -1.83. The highest BCUT2D eigenvalue weighted by molar-refractivity contribution is 5.85. The maximum absolute atomic E-state index is 10.0. The van der Waals surface area contributed by atoms with Crippen molar-refractivity contribution in [3.05, 3.63) is 48.0 Å². The summed E-state index contributed by atoms with van der Waals surface area (Å²) in [6, 6.07) is 14.0. The average molecular weight is 183 g/mol. The normalized spacial score (nSPS) is 9.71. The first kappa shape index (κ1) is 8.67. The van der Waals surface area contributed by atoms with Gasteiger partial charge < -0.3 is 0 Å². The molecule has 0 radical (unpaired) electrons. The topological polar surface area (TPSA) is 29.4 Å². The first-order valence-electron chi connectivity index (χ1n) is 4.42. The van der Waals surface area contributed by atoms with Crippen molar-refractivity contribution in [2.75, 3.05) is 0 Å². The monoisotopic (exact) mass is 183 g/mol. The second-order valence-corrected chi connectivity index (χ2v) is 3.05. The van der Waals surface area contributed by atoms with E-state index >= 15 is 0 Å². The minimum atomic E-state index is 0.408. The van der Waals surface area contributed by atoms with Crippen LogP contribution >= 0.6 is 0 Å². The summed E-state index contributed by atoms with van der Waals surface area (Å²) >= 11 is 0. The lowest BCUT2D eigenvalue weighted by atomic mass is 10.1. The largest absolute Gasteiger partial charge is 0.235 e. The van der Waals surface area contributed by atoms with Gasteiger partial charge in [-0.15, -0.1) is 0 Å². The molecule has 0 fully saturated rings. The maximum atomic E-state index is 10.0. The molecule has 0 saturated carbocycles. The molecule has 0 N–H and O–H groups in total. The van der Waals surface area contributed by atoms with Gasteiger partial charge in [0.1, 0.15) is 0 Å². The lowest BCUT2D eigenvalue weighted by molar-refractivity contribution is 0.563. The Balaban J connectivity index is 2.58. The summed E-state index contributed by atoms with van der Waals surface area (Å²) in [7, 11) is 0. The predicted octanol–water partition coefficient (Wildman–Crippen LogP) is 2.68. The first-order valence-corrected chi connectivity index (χ1v) is 4.42. The van der Waals surface area contributed by atoms with Gasteiger partial charge in [-0.1, -0.05) is 42.5 Å². The molecule has 68 valence electrons. The van der Waals surface area contributed by atoms with Gasteiger partial charge in [0.25, 0.3) is 0 Å². The van der Waals surface area contributed by atoms with Gasteiger partial charge in [-0.05, 0) is 16.3 Å².